The third kappa shape index (κ3) is 5.46. The number of ether oxygens (including phenoxy) is 1. The highest BCUT2D eigenvalue weighted by atomic mass is 16.5. The zero-order valence-electron chi connectivity index (χ0n) is 13.1. The smallest absolute Gasteiger partial charge is 0.111 e. The third-order valence-electron chi connectivity index (χ3n) is 4.19. The van der Waals surface area contributed by atoms with Gasteiger partial charge in [0, 0.05) is 0 Å². The Bertz CT molecular complexity index is 379. The van der Waals surface area contributed by atoms with E-state index in [9.17, 15) is 0 Å². The molecule has 0 aromatic heterocycles. The minimum absolute atomic E-state index is 0.0521. The van der Waals surface area contributed by atoms with Crippen molar-refractivity contribution >= 4 is 0 Å². The fourth-order valence-corrected chi connectivity index (χ4v) is 2.51. The Morgan fingerprint density at radius 1 is 1.27 bits per heavy atom. The molecule has 2 aliphatic rings. The second-order valence-electron chi connectivity index (χ2n) is 5.94. The number of hydrogen-bond acceptors (Lipinski definition) is 6. The molecule has 1 aliphatic carbocycles. The highest BCUT2D eigenvalue weighted by Gasteiger charge is 2.36. The number of allylic oxidation sites excluding steroid dienone is 2. The van der Waals surface area contributed by atoms with E-state index >= 15 is 0 Å². The normalized spacial score (nSPS) is 35.2. The molecule has 1 heterocycles. The van der Waals surface area contributed by atoms with Crippen LogP contribution in [0.5, 0.6) is 0 Å². The van der Waals surface area contributed by atoms with Crippen molar-refractivity contribution in [3.05, 3.63) is 23.8 Å². The third-order valence-corrected chi connectivity index (χ3v) is 4.19. The van der Waals surface area contributed by atoms with Crippen LogP contribution in [0.25, 0.3) is 0 Å². The van der Waals surface area contributed by atoms with Gasteiger partial charge in [-0.25, -0.2) is 0 Å². The van der Waals surface area contributed by atoms with Crippen LogP contribution >= 0.6 is 0 Å². The molecule has 1 fully saturated rings. The van der Waals surface area contributed by atoms with Gasteiger partial charge in [-0.1, -0.05) is 18.2 Å². The van der Waals surface area contributed by atoms with E-state index in [4.69, 9.17) is 30.3 Å². The molecule has 0 radical (unpaired) electrons. The van der Waals surface area contributed by atoms with Crippen molar-refractivity contribution in [3.63, 3.8) is 0 Å². The Morgan fingerprint density at radius 3 is 2.41 bits per heavy atom. The van der Waals surface area contributed by atoms with Crippen LogP contribution in [0.4, 0.5) is 0 Å². The lowest BCUT2D eigenvalue weighted by atomic mass is 9.86. The van der Waals surface area contributed by atoms with Gasteiger partial charge in [0.2, 0.25) is 0 Å². The predicted octanol–water partition coefficient (Wildman–Crippen LogP) is -0.259. The summed E-state index contributed by atoms with van der Waals surface area (Å²) in [5.74, 6) is 0.658. The van der Waals surface area contributed by atoms with Crippen molar-refractivity contribution in [1.29, 1.82) is 0 Å². The molecule has 0 bridgehead atoms. The predicted molar refractivity (Wildman–Crippen MR) is 82.2 cm³/mol. The Kier molecular flexibility index (Phi) is 8.24. The number of hydrogen-bond donors (Lipinski definition) is 5. The van der Waals surface area contributed by atoms with Crippen molar-refractivity contribution in [2.24, 2.45) is 5.92 Å². The first kappa shape index (κ1) is 19.3. The summed E-state index contributed by atoms with van der Waals surface area (Å²) in [6.07, 6.45) is 1.18. The fourth-order valence-electron chi connectivity index (χ4n) is 2.51. The second-order valence-corrected chi connectivity index (χ2v) is 5.94. The summed E-state index contributed by atoms with van der Waals surface area (Å²) in [5, 5.41) is 44.5. The molecular formula is C16H28O6. The average molecular weight is 316 g/mol. The molecule has 2 rings (SSSR count). The Morgan fingerprint density at radius 2 is 1.95 bits per heavy atom. The average Bonchev–Trinajstić information content (AvgIpc) is 2.53. The molecule has 0 aromatic carbocycles. The van der Waals surface area contributed by atoms with Crippen molar-refractivity contribution in [2.45, 2.75) is 50.6 Å². The van der Waals surface area contributed by atoms with Crippen LogP contribution < -0.4 is 0 Å². The number of aliphatic hydroxyl groups is 5. The lowest BCUT2D eigenvalue weighted by Crippen LogP contribution is -2.53. The van der Waals surface area contributed by atoms with Gasteiger partial charge in [0.05, 0.1) is 19.8 Å². The maximum absolute atomic E-state index is 9.11. The van der Waals surface area contributed by atoms with E-state index in [1.54, 1.807) is 0 Å². The van der Waals surface area contributed by atoms with Gasteiger partial charge in [-0.15, -0.1) is 0 Å². The number of aliphatic hydroxyl groups excluding tert-OH is 5. The molecule has 6 heteroatoms. The van der Waals surface area contributed by atoms with Crippen LogP contribution in [-0.2, 0) is 4.74 Å². The highest BCUT2D eigenvalue weighted by molar-refractivity contribution is 5.11. The van der Waals surface area contributed by atoms with Gasteiger partial charge < -0.3 is 30.3 Å². The van der Waals surface area contributed by atoms with Gasteiger partial charge in [0.15, 0.2) is 0 Å². The topological polar surface area (TPSA) is 110 Å². The quantitative estimate of drug-likeness (QED) is 0.459. The van der Waals surface area contributed by atoms with Crippen LogP contribution in [0, 0.1) is 5.92 Å². The van der Waals surface area contributed by atoms with E-state index in [1.165, 1.54) is 17.6 Å². The SMILES string of the molecule is C=C(C)C1CC=C(CO)CC1.OCC1OCC(O)[C@@H](O)[C@H]1O. The molecule has 0 amide bonds. The van der Waals surface area contributed by atoms with E-state index in [0.29, 0.717) is 5.92 Å². The summed E-state index contributed by atoms with van der Waals surface area (Å²) in [4.78, 5) is 0. The maximum atomic E-state index is 9.11. The molecule has 22 heavy (non-hydrogen) atoms. The van der Waals surface area contributed by atoms with Gasteiger partial charge >= 0.3 is 0 Å². The lowest BCUT2D eigenvalue weighted by molar-refractivity contribution is -0.195. The fraction of sp³-hybridized carbons (Fsp3) is 0.750. The molecular weight excluding hydrogens is 288 g/mol. The molecule has 5 atom stereocenters. The first-order valence-electron chi connectivity index (χ1n) is 7.61. The highest BCUT2D eigenvalue weighted by Crippen LogP contribution is 2.27. The summed E-state index contributed by atoms with van der Waals surface area (Å²) in [5.41, 5.74) is 2.47. The summed E-state index contributed by atoms with van der Waals surface area (Å²) in [6, 6.07) is 0. The van der Waals surface area contributed by atoms with Crippen molar-refractivity contribution < 1.29 is 30.3 Å². The van der Waals surface area contributed by atoms with Gasteiger partial charge in [-0.3, -0.25) is 0 Å². The van der Waals surface area contributed by atoms with Crippen LogP contribution in [-0.4, -0.2) is 69.8 Å². The molecule has 5 N–H and O–H groups in total. The molecule has 3 unspecified atom stereocenters. The molecule has 0 saturated carbocycles. The first-order chi connectivity index (χ1) is 10.4. The number of rotatable bonds is 3. The summed E-state index contributed by atoms with van der Waals surface area (Å²) in [7, 11) is 0. The van der Waals surface area contributed by atoms with E-state index in [2.05, 4.69) is 19.6 Å². The van der Waals surface area contributed by atoms with E-state index in [-0.39, 0.29) is 19.8 Å². The molecule has 0 spiro atoms. The Labute approximate surface area is 131 Å². The van der Waals surface area contributed by atoms with Crippen LogP contribution in [0.1, 0.15) is 26.2 Å². The molecule has 1 aliphatic heterocycles. The largest absolute Gasteiger partial charge is 0.394 e. The molecule has 6 nitrogen and oxygen atoms in total. The van der Waals surface area contributed by atoms with E-state index in [0.717, 1.165) is 12.8 Å². The monoisotopic (exact) mass is 316 g/mol. The van der Waals surface area contributed by atoms with Crippen LogP contribution in [0.15, 0.2) is 23.8 Å². The van der Waals surface area contributed by atoms with Crippen molar-refractivity contribution in [2.75, 3.05) is 19.8 Å². The van der Waals surface area contributed by atoms with E-state index in [1.807, 2.05) is 0 Å². The first-order valence-corrected chi connectivity index (χ1v) is 7.61. The summed E-state index contributed by atoms with van der Waals surface area (Å²) >= 11 is 0. The second kappa shape index (κ2) is 9.39. The van der Waals surface area contributed by atoms with Crippen LogP contribution in [0.3, 0.4) is 0 Å². The zero-order chi connectivity index (χ0) is 16.7. The minimum atomic E-state index is -1.22. The maximum Gasteiger partial charge on any atom is 0.111 e. The van der Waals surface area contributed by atoms with Gasteiger partial charge in [0.25, 0.3) is 0 Å². The minimum Gasteiger partial charge on any atom is -0.394 e. The summed E-state index contributed by atoms with van der Waals surface area (Å²) < 4.78 is 4.81. The van der Waals surface area contributed by atoms with Gasteiger partial charge in [-0.2, -0.15) is 0 Å². The van der Waals surface area contributed by atoms with Gasteiger partial charge in [0.1, 0.15) is 24.4 Å². The van der Waals surface area contributed by atoms with Gasteiger partial charge in [-0.05, 0) is 37.7 Å². The van der Waals surface area contributed by atoms with Crippen LogP contribution in [0.2, 0.25) is 0 Å². The Hall–Kier alpha value is -0.760. The zero-order valence-corrected chi connectivity index (χ0v) is 13.1. The van der Waals surface area contributed by atoms with E-state index < -0.39 is 24.4 Å². The van der Waals surface area contributed by atoms with Crippen molar-refractivity contribution in [3.8, 4) is 0 Å². The summed E-state index contributed by atoms with van der Waals surface area (Å²) in [6.45, 7) is 5.85. The molecule has 1 saturated heterocycles. The Balaban J connectivity index is 0.000000220. The standard InChI is InChI=1S/C10H16O.C6H12O5/c1-8(2)10-5-3-9(7-11)4-6-10;7-1-4-6(10)5(9)3(8)2-11-4/h3,10-11H,1,4-7H2,2H3;3-10H,1-2H2/t;3?,4?,5-,6+/m.1/s1. The molecule has 0 aromatic rings. The van der Waals surface area contributed by atoms with Crippen molar-refractivity contribution in [1.82, 2.24) is 0 Å². The lowest BCUT2D eigenvalue weighted by Gasteiger charge is -2.34. The molecule has 128 valence electrons.